The third-order valence-corrected chi connectivity index (χ3v) is 3.23. The molecule has 0 aliphatic carbocycles. The molecule has 84 valence electrons. The summed E-state index contributed by atoms with van der Waals surface area (Å²) in [5, 5.41) is 17.8. The van der Waals surface area contributed by atoms with Crippen LogP contribution in [0.5, 0.6) is 5.88 Å². The van der Waals surface area contributed by atoms with Crippen LogP contribution >= 0.6 is 11.3 Å². The minimum Gasteiger partial charge on any atom is -0.480 e. The Labute approximate surface area is 97.5 Å². The average molecular weight is 236 g/mol. The minimum absolute atomic E-state index is 0.443. The van der Waals surface area contributed by atoms with Gasteiger partial charge in [-0.25, -0.2) is 0 Å². The van der Waals surface area contributed by atoms with Gasteiger partial charge >= 0.3 is 0 Å². The van der Waals surface area contributed by atoms with E-state index in [9.17, 15) is 5.11 Å². The fourth-order valence-corrected chi connectivity index (χ4v) is 2.21. The van der Waals surface area contributed by atoms with Gasteiger partial charge in [0, 0.05) is 15.8 Å². The maximum atomic E-state index is 10.0. The molecule has 4 nitrogen and oxygen atoms in total. The van der Waals surface area contributed by atoms with Gasteiger partial charge in [-0.2, -0.15) is 0 Å². The van der Waals surface area contributed by atoms with Gasteiger partial charge in [-0.3, -0.25) is 0 Å². The summed E-state index contributed by atoms with van der Waals surface area (Å²) in [6, 6.07) is 7.27. The number of methoxy groups -OCH3 is 1. The number of nitrogens with zero attached hydrogens (tertiary/aromatic N) is 2. The first kappa shape index (κ1) is 11.0. The summed E-state index contributed by atoms with van der Waals surface area (Å²) in [5.41, 5.74) is 0.530. The van der Waals surface area contributed by atoms with Gasteiger partial charge in [-0.05, 0) is 25.1 Å². The molecule has 1 unspecified atom stereocenters. The summed E-state index contributed by atoms with van der Waals surface area (Å²) in [7, 11) is 1.53. The van der Waals surface area contributed by atoms with Crippen LogP contribution in [0.25, 0.3) is 0 Å². The Kier molecular flexibility index (Phi) is 3.17. The van der Waals surface area contributed by atoms with E-state index in [2.05, 4.69) is 10.2 Å². The third-order valence-electron chi connectivity index (χ3n) is 2.18. The molecule has 0 saturated carbocycles. The van der Waals surface area contributed by atoms with Gasteiger partial charge < -0.3 is 9.84 Å². The van der Waals surface area contributed by atoms with Crippen molar-refractivity contribution in [3.8, 4) is 5.88 Å². The maximum absolute atomic E-state index is 10.0. The zero-order chi connectivity index (χ0) is 11.5. The SMILES string of the molecule is COc1ccc(C(O)c2ccc(C)s2)nn1. The number of aromatic nitrogens is 2. The van der Waals surface area contributed by atoms with E-state index in [0.717, 1.165) is 9.75 Å². The van der Waals surface area contributed by atoms with Crippen LogP contribution in [-0.4, -0.2) is 22.4 Å². The van der Waals surface area contributed by atoms with Crippen molar-refractivity contribution in [3.05, 3.63) is 39.7 Å². The standard InChI is InChI=1S/C11H12N2O2S/c1-7-3-5-9(16-7)11(14)8-4-6-10(15-2)13-12-8/h3-6,11,14H,1-2H3. The molecule has 0 radical (unpaired) electrons. The first-order chi connectivity index (χ1) is 7.70. The fourth-order valence-electron chi connectivity index (χ4n) is 1.33. The molecule has 2 aromatic heterocycles. The zero-order valence-corrected chi connectivity index (χ0v) is 9.86. The van der Waals surface area contributed by atoms with Crippen LogP contribution in [0, 0.1) is 6.92 Å². The second kappa shape index (κ2) is 4.59. The van der Waals surface area contributed by atoms with Crippen LogP contribution in [-0.2, 0) is 0 Å². The highest BCUT2D eigenvalue weighted by atomic mass is 32.1. The van der Waals surface area contributed by atoms with Crippen LogP contribution in [0.15, 0.2) is 24.3 Å². The molecular weight excluding hydrogens is 224 g/mol. The van der Waals surface area contributed by atoms with Gasteiger partial charge in [-0.15, -0.1) is 21.5 Å². The Balaban J connectivity index is 2.23. The Morgan fingerprint density at radius 2 is 2.06 bits per heavy atom. The maximum Gasteiger partial charge on any atom is 0.233 e. The monoisotopic (exact) mass is 236 g/mol. The first-order valence-electron chi connectivity index (χ1n) is 4.82. The van der Waals surface area contributed by atoms with Crippen LogP contribution in [0.2, 0.25) is 0 Å². The van der Waals surface area contributed by atoms with E-state index < -0.39 is 6.10 Å². The van der Waals surface area contributed by atoms with Gasteiger partial charge in [0.1, 0.15) is 6.10 Å². The van der Waals surface area contributed by atoms with Crippen molar-refractivity contribution in [2.24, 2.45) is 0 Å². The molecular formula is C11H12N2O2S. The first-order valence-corrected chi connectivity index (χ1v) is 5.64. The second-order valence-corrected chi connectivity index (χ2v) is 4.67. The number of thiophene rings is 1. The molecule has 0 saturated heterocycles. The molecule has 2 aromatic rings. The number of rotatable bonds is 3. The summed E-state index contributed by atoms with van der Waals surface area (Å²) >= 11 is 1.55. The van der Waals surface area contributed by atoms with Gasteiger partial charge in [0.2, 0.25) is 5.88 Å². The predicted octanol–water partition coefficient (Wildman–Crippen LogP) is 1.94. The summed E-state index contributed by atoms with van der Waals surface area (Å²) < 4.78 is 4.91. The summed E-state index contributed by atoms with van der Waals surface area (Å²) in [5.74, 6) is 0.443. The highest BCUT2D eigenvalue weighted by Crippen LogP contribution is 2.26. The van der Waals surface area contributed by atoms with E-state index in [1.165, 1.54) is 7.11 Å². The van der Waals surface area contributed by atoms with Crippen LogP contribution in [0.3, 0.4) is 0 Å². The van der Waals surface area contributed by atoms with Crippen molar-refractivity contribution >= 4 is 11.3 Å². The quantitative estimate of drug-likeness (QED) is 0.884. The van der Waals surface area contributed by atoms with E-state index in [4.69, 9.17) is 4.74 Å². The van der Waals surface area contributed by atoms with Crippen molar-refractivity contribution in [1.82, 2.24) is 10.2 Å². The Bertz CT molecular complexity index is 467. The highest BCUT2D eigenvalue weighted by molar-refractivity contribution is 7.12. The zero-order valence-electron chi connectivity index (χ0n) is 9.04. The van der Waals surface area contributed by atoms with E-state index in [1.807, 2.05) is 19.1 Å². The Hall–Kier alpha value is -1.46. The van der Waals surface area contributed by atoms with Gasteiger partial charge in [0.25, 0.3) is 0 Å². The predicted molar refractivity (Wildman–Crippen MR) is 61.7 cm³/mol. The molecule has 0 aliphatic heterocycles. The molecule has 5 heteroatoms. The lowest BCUT2D eigenvalue weighted by molar-refractivity contribution is 0.217. The topological polar surface area (TPSA) is 55.2 Å². The molecule has 1 N–H and O–H groups in total. The van der Waals surface area contributed by atoms with Crippen LogP contribution < -0.4 is 4.74 Å². The van der Waals surface area contributed by atoms with E-state index in [0.29, 0.717) is 11.6 Å². The van der Waals surface area contributed by atoms with Gasteiger partial charge in [-0.1, -0.05) is 0 Å². The van der Waals surface area contributed by atoms with Crippen molar-refractivity contribution in [2.75, 3.05) is 7.11 Å². The molecule has 1 atom stereocenters. The average Bonchev–Trinajstić information content (AvgIpc) is 2.75. The molecule has 0 bridgehead atoms. The lowest BCUT2D eigenvalue weighted by atomic mass is 10.2. The minimum atomic E-state index is -0.711. The summed E-state index contributed by atoms with van der Waals surface area (Å²) in [6.45, 7) is 2.00. The van der Waals surface area contributed by atoms with E-state index >= 15 is 0 Å². The third kappa shape index (κ3) is 2.20. The van der Waals surface area contributed by atoms with Crippen molar-refractivity contribution in [3.63, 3.8) is 0 Å². The summed E-state index contributed by atoms with van der Waals surface area (Å²) in [6.07, 6.45) is -0.711. The molecule has 2 heterocycles. The van der Waals surface area contributed by atoms with Crippen molar-refractivity contribution in [2.45, 2.75) is 13.0 Å². The molecule has 0 aromatic carbocycles. The summed E-state index contributed by atoms with van der Waals surface area (Å²) in [4.78, 5) is 2.03. The molecule has 0 aliphatic rings. The molecule has 16 heavy (non-hydrogen) atoms. The number of hydrogen-bond donors (Lipinski definition) is 1. The van der Waals surface area contributed by atoms with E-state index in [1.54, 1.807) is 23.5 Å². The lowest BCUT2D eigenvalue weighted by Crippen LogP contribution is -2.02. The molecule has 2 rings (SSSR count). The molecule has 0 fully saturated rings. The van der Waals surface area contributed by atoms with Crippen molar-refractivity contribution in [1.29, 1.82) is 0 Å². The van der Waals surface area contributed by atoms with Gasteiger partial charge in [0.15, 0.2) is 0 Å². The molecule has 0 spiro atoms. The second-order valence-electron chi connectivity index (χ2n) is 3.35. The number of aliphatic hydroxyl groups excluding tert-OH is 1. The van der Waals surface area contributed by atoms with Gasteiger partial charge in [0.05, 0.1) is 12.8 Å². The Morgan fingerprint density at radius 3 is 2.56 bits per heavy atom. The largest absolute Gasteiger partial charge is 0.480 e. The number of aliphatic hydroxyl groups is 1. The number of aryl methyl sites for hydroxylation is 1. The Morgan fingerprint density at radius 1 is 1.25 bits per heavy atom. The fraction of sp³-hybridized carbons (Fsp3) is 0.273. The normalized spacial score (nSPS) is 12.4. The number of hydrogen-bond acceptors (Lipinski definition) is 5. The smallest absolute Gasteiger partial charge is 0.233 e. The van der Waals surface area contributed by atoms with Crippen molar-refractivity contribution < 1.29 is 9.84 Å². The van der Waals surface area contributed by atoms with E-state index in [-0.39, 0.29) is 0 Å². The number of ether oxygens (including phenoxy) is 1. The van der Waals surface area contributed by atoms with Crippen LogP contribution in [0.1, 0.15) is 21.6 Å². The highest BCUT2D eigenvalue weighted by Gasteiger charge is 2.14. The van der Waals surface area contributed by atoms with Crippen LogP contribution in [0.4, 0.5) is 0 Å². The lowest BCUT2D eigenvalue weighted by Gasteiger charge is -2.07. The molecule has 0 amide bonds.